The molecule has 136 valence electrons. The molecule has 2 heterocycles. The van der Waals surface area contributed by atoms with E-state index in [-0.39, 0.29) is 30.3 Å². The van der Waals surface area contributed by atoms with Crippen molar-refractivity contribution in [1.82, 2.24) is 15.0 Å². The maximum atomic E-state index is 12.4. The van der Waals surface area contributed by atoms with E-state index in [0.29, 0.717) is 30.7 Å². The summed E-state index contributed by atoms with van der Waals surface area (Å²) in [4.78, 5) is 24.1. The Balaban J connectivity index is 1.69. The summed E-state index contributed by atoms with van der Waals surface area (Å²) < 4.78 is 7.10. The van der Waals surface area contributed by atoms with Gasteiger partial charge >= 0.3 is 7.12 Å². The molecular formula is C17H21BN4O4. The van der Waals surface area contributed by atoms with Crippen molar-refractivity contribution in [3.8, 4) is 5.75 Å². The number of rotatable bonds is 7. The number of Topliss-reactive ketones (excluding diaryl/α,β-unsaturated/α-hetero) is 2. The van der Waals surface area contributed by atoms with Gasteiger partial charge in [-0.1, -0.05) is 17.3 Å². The first-order valence-electron chi connectivity index (χ1n) is 8.56. The zero-order valence-electron chi connectivity index (χ0n) is 14.6. The summed E-state index contributed by atoms with van der Waals surface area (Å²) in [6, 6.07) is 5.30. The lowest BCUT2D eigenvalue weighted by Gasteiger charge is -2.28. The summed E-state index contributed by atoms with van der Waals surface area (Å²) in [6.45, 7) is 1.99. The summed E-state index contributed by atoms with van der Waals surface area (Å²) in [5.74, 6) is -0.161. The number of hydrogen-bond donors (Lipinski definition) is 2. The lowest BCUT2D eigenvalue weighted by molar-refractivity contribution is -0.120. The van der Waals surface area contributed by atoms with E-state index in [1.807, 2.05) is 6.07 Å². The van der Waals surface area contributed by atoms with Crippen LogP contribution in [0.25, 0.3) is 0 Å². The fraction of sp³-hybridized carbons (Fsp3) is 0.412. The third-order valence-corrected chi connectivity index (χ3v) is 4.51. The number of benzene rings is 1. The van der Waals surface area contributed by atoms with Crippen LogP contribution in [0.2, 0.25) is 5.82 Å². The molecule has 1 aromatic heterocycles. The van der Waals surface area contributed by atoms with Crippen LogP contribution in [-0.2, 0) is 24.2 Å². The van der Waals surface area contributed by atoms with Crippen molar-refractivity contribution < 1.29 is 19.3 Å². The zero-order valence-corrected chi connectivity index (χ0v) is 14.6. The van der Waals surface area contributed by atoms with E-state index in [0.717, 1.165) is 11.3 Å². The highest BCUT2D eigenvalue weighted by molar-refractivity contribution is 6.47. The number of carbonyl (C=O) groups excluding carboxylic acids is 2. The molecule has 3 N–H and O–H groups in total. The SMILES string of the molecule is CC(=O)c1cccc2c1OB(O)[C@@H](CC(=O)Cn1nncc1CCN)C2. The molecule has 0 radical (unpaired) electrons. The third kappa shape index (κ3) is 3.84. The molecule has 9 heteroatoms. The van der Waals surface area contributed by atoms with Crippen molar-refractivity contribution in [2.24, 2.45) is 5.73 Å². The standard InChI is InChI=1S/C17H21BN4O4/c1-11(23)16-4-2-3-12-7-13(18(25)26-17(12)16)8-15(24)10-22-14(5-6-19)9-20-21-22/h2-4,9,13,25H,5-8,10,19H2,1H3/t13-/m1/s1. The predicted molar refractivity (Wildman–Crippen MR) is 94.9 cm³/mol. The highest BCUT2D eigenvalue weighted by atomic mass is 16.5. The number of carbonyl (C=O) groups is 2. The number of nitrogens with two attached hydrogens (primary N) is 1. The van der Waals surface area contributed by atoms with Gasteiger partial charge in [-0.05, 0) is 31.5 Å². The average molecular weight is 356 g/mol. The first kappa shape index (κ1) is 18.3. The molecule has 2 aromatic rings. The van der Waals surface area contributed by atoms with Crippen molar-refractivity contribution >= 4 is 18.7 Å². The molecule has 0 unspecified atom stereocenters. The van der Waals surface area contributed by atoms with Gasteiger partial charge in [0, 0.05) is 18.7 Å². The van der Waals surface area contributed by atoms with Gasteiger partial charge in [-0.3, -0.25) is 9.59 Å². The first-order valence-corrected chi connectivity index (χ1v) is 8.56. The Morgan fingerprint density at radius 2 is 2.27 bits per heavy atom. The Morgan fingerprint density at radius 1 is 1.46 bits per heavy atom. The molecule has 0 fully saturated rings. The summed E-state index contributed by atoms with van der Waals surface area (Å²) in [7, 11) is -1.13. The summed E-state index contributed by atoms with van der Waals surface area (Å²) >= 11 is 0. The number of nitrogens with zero attached hydrogens (tertiary/aromatic N) is 3. The number of ketones is 2. The highest BCUT2D eigenvalue weighted by Crippen LogP contribution is 2.36. The number of hydrogen-bond acceptors (Lipinski definition) is 7. The third-order valence-electron chi connectivity index (χ3n) is 4.51. The molecule has 1 aliphatic rings. The van der Waals surface area contributed by atoms with E-state index < -0.39 is 7.12 Å². The maximum absolute atomic E-state index is 12.4. The molecule has 8 nitrogen and oxygen atoms in total. The second-order valence-corrected chi connectivity index (χ2v) is 6.49. The minimum Gasteiger partial charge on any atom is -0.535 e. The zero-order chi connectivity index (χ0) is 18.7. The van der Waals surface area contributed by atoms with Crippen LogP contribution in [0.5, 0.6) is 5.75 Å². The van der Waals surface area contributed by atoms with Gasteiger partial charge in [-0.25, -0.2) is 4.68 Å². The van der Waals surface area contributed by atoms with Crippen LogP contribution in [0, 0.1) is 0 Å². The topological polar surface area (TPSA) is 120 Å². The van der Waals surface area contributed by atoms with Crippen LogP contribution in [0.4, 0.5) is 0 Å². The summed E-state index contributed by atoms with van der Waals surface area (Å²) in [6.07, 6.45) is 2.80. The number of aromatic nitrogens is 3. The van der Waals surface area contributed by atoms with E-state index in [1.165, 1.54) is 11.6 Å². The molecule has 0 spiro atoms. The minimum atomic E-state index is -1.13. The van der Waals surface area contributed by atoms with Gasteiger partial charge < -0.3 is 15.4 Å². The van der Waals surface area contributed by atoms with E-state index in [9.17, 15) is 14.6 Å². The molecule has 26 heavy (non-hydrogen) atoms. The Hall–Kier alpha value is -2.52. The van der Waals surface area contributed by atoms with Crippen LogP contribution in [0.1, 0.15) is 35.0 Å². The van der Waals surface area contributed by atoms with Gasteiger partial charge in [0.25, 0.3) is 0 Å². The van der Waals surface area contributed by atoms with E-state index in [1.54, 1.807) is 18.3 Å². The smallest absolute Gasteiger partial charge is 0.526 e. The molecule has 0 bridgehead atoms. The monoisotopic (exact) mass is 356 g/mol. The van der Waals surface area contributed by atoms with Gasteiger partial charge in [-0.2, -0.15) is 0 Å². The molecule has 1 aliphatic heterocycles. The predicted octanol–water partition coefficient (Wildman–Crippen LogP) is 0.427. The average Bonchev–Trinajstić information content (AvgIpc) is 3.02. The second kappa shape index (κ2) is 7.80. The van der Waals surface area contributed by atoms with Crippen LogP contribution in [-0.4, -0.2) is 45.2 Å². The highest BCUT2D eigenvalue weighted by Gasteiger charge is 2.37. The van der Waals surface area contributed by atoms with Gasteiger partial charge in [0.05, 0.1) is 17.5 Å². The Morgan fingerprint density at radius 3 is 3.00 bits per heavy atom. The van der Waals surface area contributed by atoms with E-state index in [2.05, 4.69) is 10.3 Å². The van der Waals surface area contributed by atoms with Gasteiger partial charge in [0.1, 0.15) is 12.3 Å². The molecular weight excluding hydrogens is 335 g/mol. The maximum Gasteiger partial charge on any atom is 0.526 e. The van der Waals surface area contributed by atoms with E-state index >= 15 is 0 Å². The van der Waals surface area contributed by atoms with Gasteiger partial charge in [-0.15, -0.1) is 5.10 Å². The van der Waals surface area contributed by atoms with Crippen LogP contribution >= 0.6 is 0 Å². The summed E-state index contributed by atoms with van der Waals surface area (Å²) in [5, 5.41) is 18.0. The minimum absolute atomic E-state index is 0.0763. The van der Waals surface area contributed by atoms with Crippen molar-refractivity contribution in [1.29, 1.82) is 0 Å². The first-order chi connectivity index (χ1) is 12.5. The molecule has 0 saturated heterocycles. The fourth-order valence-corrected chi connectivity index (χ4v) is 3.21. The van der Waals surface area contributed by atoms with E-state index in [4.69, 9.17) is 10.4 Å². The van der Waals surface area contributed by atoms with Crippen LogP contribution in [0.15, 0.2) is 24.4 Å². The van der Waals surface area contributed by atoms with Crippen LogP contribution < -0.4 is 10.4 Å². The van der Waals surface area contributed by atoms with Gasteiger partial charge in [0.2, 0.25) is 0 Å². The second-order valence-electron chi connectivity index (χ2n) is 6.49. The largest absolute Gasteiger partial charge is 0.535 e. The normalized spacial score (nSPS) is 16.1. The Labute approximate surface area is 151 Å². The number of para-hydroxylation sites is 1. The number of fused-ring (bicyclic) bond motifs is 1. The lowest BCUT2D eigenvalue weighted by atomic mass is 9.64. The van der Waals surface area contributed by atoms with Gasteiger partial charge in [0.15, 0.2) is 11.6 Å². The molecule has 0 amide bonds. The molecule has 0 saturated carbocycles. The van der Waals surface area contributed by atoms with Crippen molar-refractivity contribution in [2.45, 2.75) is 38.5 Å². The fourth-order valence-electron chi connectivity index (χ4n) is 3.21. The Kier molecular flexibility index (Phi) is 5.48. The van der Waals surface area contributed by atoms with Crippen molar-refractivity contribution in [2.75, 3.05) is 6.54 Å². The molecule has 3 rings (SSSR count). The van der Waals surface area contributed by atoms with Crippen LogP contribution in [0.3, 0.4) is 0 Å². The lowest BCUT2D eigenvalue weighted by Crippen LogP contribution is -2.36. The molecule has 1 aromatic carbocycles. The Bertz CT molecular complexity index is 823. The summed E-state index contributed by atoms with van der Waals surface area (Å²) in [5.41, 5.74) is 7.61. The molecule has 0 aliphatic carbocycles. The molecule has 1 atom stereocenters. The van der Waals surface area contributed by atoms with Crippen molar-refractivity contribution in [3.63, 3.8) is 0 Å². The quantitative estimate of drug-likeness (QED) is 0.545. The van der Waals surface area contributed by atoms with Crippen molar-refractivity contribution in [3.05, 3.63) is 41.2 Å².